The van der Waals surface area contributed by atoms with Crippen molar-refractivity contribution >= 4 is 10.8 Å². The van der Waals surface area contributed by atoms with Crippen LogP contribution in [0, 0.1) is 0 Å². The van der Waals surface area contributed by atoms with Crippen molar-refractivity contribution in [1.29, 1.82) is 0 Å². The third kappa shape index (κ3) is 6.23. The molecule has 0 heteroatoms. The van der Waals surface area contributed by atoms with Gasteiger partial charge in [-0.1, -0.05) is 105 Å². The SMILES string of the molecule is CC.CC.CC.CC(C)(C)c1cccc2ccccc12. The molecule has 0 heterocycles. The predicted octanol–water partition coefficient (Wildman–Crippen LogP) is 7.22. The van der Waals surface area contributed by atoms with Crippen LogP contribution in [0.3, 0.4) is 0 Å². The summed E-state index contributed by atoms with van der Waals surface area (Å²) in [7, 11) is 0. The molecule has 0 aliphatic carbocycles. The van der Waals surface area contributed by atoms with E-state index < -0.39 is 0 Å². The average Bonchev–Trinajstić information content (AvgIpc) is 2.52. The highest BCUT2D eigenvalue weighted by Crippen LogP contribution is 2.29. The summed E-state index contributed by atoms with van der Waals surface area (Å²) in [6.45, 7) is 18.8. The molecule has 0 bridgehead atoms. The monoisotopic (exact) mass is 274 g/mol. The average molecular weight is 274 g/mol. The molecule has 0 aromatic heterocycles. The van der Waals surface area contributed by atoms with Crippen LogP contribution < -0.4 is 0 Å². The quantitative estimate of drug-likeness (QED) is 0.476. The molecule has 0 unspecified atom stereocenters. The molecule has 0 radical (unpaired) electrons. The maximum absolute atomic E-state index is 2.26. The lowest BCUT2D eigenvalue weighted by Gasteiger charge is -2.21. The molecule has 2 aromatic rings. The lowest BCUT2D eigenvalue weighted by atomic mass is 9.84. The smallest absolute Gasteiger partial charge is 0.0126 e. The van der Waals surface area contributed by atoms with Crippen LogP contribution in [-0.2, 0) is 5.41 Å². The Morgan fingerprint density at radius 1 is 0.600 bits per heavy atom. The van der Waals surface area contributed by atoms with Crippen molar-refractivity contribution in [2.75, 3.05) is 0 Å². The van der Waals surface area contributed by atoms with Gasteiger partial charge in [0.1, 0.15) is 0 Å². The minimum atomic E-state index is 0.223. The molecule has 2 aromatic carbocycles. The van der Waals surface area contributed by atoms with Crippen molar-refractivity contribution < 1.29 is 0 Å². The highest BCUT2D eigenvalue weighted by molar-refractivity contribution is 5.86. The van der Waals surface area contributed by atoms with Gasteiger partial charge in [0, 0.05) is 0 Å². The molecule has 0 saturated heterocycles. The van der Waals surface area contributed by atoms with Gasteiger partial charge in [-0.3, -0.25) is 0 Å². The van der Waals surface area contributed by atoms with Crippen LogP contribution >= 0.6 is 0 Å². The van der Waals surface area contributed by atoms with Gasteiger partial charge in [0.25, 0.3) is 0 Å². The highest BCUT2D eigenvalue weighted by atomic mass is 14.2. The first-order chi connectivity index (χ1) is 9.59. The minimum Gasteiger partial charge on any atom is -0.0683 e. The molecule has 0 saturated carbocycles. The molecule has 20 heavy (non-hydrogen) atoms. The Morgan fingerprint density at radius 2 is 1.05 bits per heavy atom. The summed E-state index contributed by atoms with van der Waals surface area (Å²) < 4.78 is 0. The van der Waals surface area contributed by atoms with Crippen LogP contribution in [0.25, 0.3) is 10.8 Å². The molecule has 0 nitrogen and oxygen atoms in total. The third-order valence-electron chi connectivity index (χ3n) is 2.60. The van der Waals surface area contributed by atoms with E-state index in [2.05, 4.69) is 63.2 Å². The summed E-state index contributed by atoms with van der Waals surface area (Å²) in [4.78, 5) is 0. The fourth-order valence-electron chi connectivity index (χ4n) is 1.88. The molecule has 0 amide bonds. The second-order valence-corrected chi connectivity index (χ2v) is 4.78. The predicted molar refractivity (Wildman–Crippen MR) is 96.7 cm³/mol. The Balaban J connectivity index is 0. The number of benzene rings is 2. The molecule has 0 spiro atoms. The Morgan fingerprint density at radius 3 is 1.55 bits per heavy atom. The van der Waals surface area contributed by atoms with Gasteiger partial charge in [-0.25, -0.2) is 0 Å². The van der Waals surface area contributed by atoms with Crippen molar-refractivity contribution in [3.05, 3.63) is 48.0 Å². The first kappa shape index (κ1) is 21.0. The standard InChI is InChI=1S/C14H16.3C2H6/c1-14(2,3)13-10-6-8-11-7-4-5-9-12(11)13;3*1-2/h4-10H,1-3H3;3*1-2H3. The second-order valence-electron chi connectivity index (χ2n) is 4.78. The zero-order chi connectivity index (χ0) is 16.2. The lowest BCUT2D eigenvalue weighted by Crippen LogP contribution is -2.11. The molecular weight excluding hydrogens is 240 g/mol. The zero-order valence-electron chi connectivity index (χ0n) is 15.0. The molecule has 114 valence electrons. The van der Waals surface area contributed by atoms with E-state index in [4.69, 9.17) is 0 Å². The van der Waals surface area contributed by atoms with Gasteiger partial charge in [0.05, 0.1) is 0 Å². The van der Waals surface area contributed by atoms with Crippen LogP contribution in [0.2, 0.25) is 0 Å². The van der Waals surface area contributed by atoms with Gasteiger partial charge in [-0.2, -0.15) is 0 Å². The van der Waals surface area contributed by atoms with Crippen LogP contribution in [-0.4, -0.2) is 0 Å². The Bertz CT molecular complexity index is 442. The van der Waals surface area contributed by atoms with Gasteiger partial charge in [-0.15, -0.1) is 0 Å². The van der Waals surface area contributed by atoms with E-state index in [0.29, 0.717) is 0 Å². The number of hydrogen-bond acceptors (Lipinski definition) is 0. The largest absolute Gasteiger partial charge is 0.0683 e. The normalized spacial score (nSPS) is 9.25. The maximum Gasteiger partial charge on any atom is -0.0126 e. The van der Waals surface area contributed by atoms with E-state index >= 15 is 0 Å². The fourth-order valence-corrected chi connectivity index (χ4v) is 1.88. The maximum atomic E-state index is 2.26. The van der Waals surface area contributed by atoms with E-state index in [-0.39, 0.29) is 5.41 Å². The first-order valence-corrected chi connectivity index (χ1v) is 8.07. The third-order valence-corrected chi connectivity index (χ3v) is 2.60. The zero-order valence-corrected chi connectivity index (χ0v) is 15.0. The van der Waals surface area contributed by atoms with E-state index in [1.807, 2.05) is 41.5 Å². The van der Waals surface area contributed by atoms with Gasteiger partial charge < -0.3 is 0 Å². The molecule has 0 N–H and O–H groups in total. The molecule has 0 fully saturated rings. The summed E-state index contributed by atoms with van der Waals surface area (Å²) >= 11 is 0. The van der Waals surface area contributed by atoms with Crippen LogP contribution in [0.4, 0.5) is 0 Å². The van der Waals surface area contributed by atoms with Gasteiger partial charge in [0.15, 0.2) is 0 Å². The first-order valence-electron chi connectivity index (χ1n) is 8.07. The summed E-state index contributed by atoms with van der Waals surface area (Å²) in [6, 6.07) is 15.1. The van der Waals surface area contributed by atoms with Crippen molar-refractivity contribution in [2.24, 2.45) is 0 Å². The van der Waals surface area contributed by atoms with E-state index in [1.165, 1.54) is 16.3 Å². The van der Waals surface area contributed by atoms with Gasteiger partial charge in [-0.05, 0) is 21.8 Å². The molecule has 2 rings (SSSR count). The number of fused-ring (bicyclic) bond motifs is 1. The van der Waals surface area contributed by atoms with E-state index in [9.17, 15) is 0 Å². The van der Waals surface area contributed by atoms with Crippen LogP contribution in [0.1, 0.15) is 67.9 Å². The fraction of sp³-hybridized carbons (Fsp3) is 0.500. The Hall–Kier alpha value is -1.30. The van der Waals surface area contributed by atoms with Crippen molar-refractivity contribution in [1.82, 2.24) is 0 Å². The van der Waals surface area contributed by atoms with Crippen molar-refractivity contribution in [3.63, 3.8) is 0 Å². The molecule has 0 atom stereocenters. The molecule has 0 aliphatic rings. The topological polar surface area (TPSA) is 0 Å². The van der Waals surface area contributed by atoms with Crippen LogP contribution in [0.5, 0.6) is 0 Å². The lowest BCUT2D eigenvalue weighted by molar-refractivity contribution is 0.596. The molecule has 0 aliphatic heterocycles. The Labute approximate surface area is 127 Å². The Kier molecular flexibility index (Phi) is 12.1. The van der Waals surface area contributed by atoms with Gasteiger partial charge >= 0.3 is 0 Å². The summed E-state index contributed by atoms with van der Waals surface area (Å²) in [5.41, 5.74) is 1.65. The van der Waals surface area contributed by atoms with Crippen LogP contribution in [0.15, 0.2) is 42.5 Å². The summed E-state index contributed by atoms with van der Waals surface area (Å²) in [5.74, 6) is 0. The summed E-state index contributed by atoms with van der Waals surface area (Å²) in [6.07, 6.45) is 0. The number of rotatable bonds is 0. The van der Waals surface area contributed by atoms with E-state index in [0.717, 1.165) is 0 Å². The number of hydrogen-bond donors (Lipinski definition) is 0. The van der Waals surface area contributed by atoms with Crippen molar-refractivity contribution in [2.45, 2.75) is 67.7 Å². The minimum absolute atomic E-state index is 0.223. The highest BCUT2D eigenvalue weighted by Gasteiger charge is 2.15. The second kappa shape index (κ2) is 11.5. The summed E-state index contributed by atoms with van der Waals surface area (Å²) in [5, 5.41) is 2.71. The van der Waals surface area contributed by atoms with Gasteiger partial charge in [0.2, 0.25) is 0 Å². The van der Waals surface area contributed by atoms with E-state index in [1.54, 1.807) is 0 Å². The van der Waals surface area contributed by atoms with Crippen molar-refractivity contribution in [3.8, 4) is 0 Å². The molecular formula is C20H34.